The smallest absolute Gasteiger partial charge is 0.419 e. The number of hydrazone groups is 1. The van der Waals surface area contributed by atoms with Gasteiger partial charge in [-0.2, -0.15) is 18.3 Å². The van der Waals surface area contributed by atoms with Crippen LogP contribution < -0.4 is 14.9 Å². The van der Waals surface area contributed by atoms with Crippen molar-refractivity contribution in [1.82, 2.24) is 5.43 Å². The quantitative estimate of drug-likeness (QED) is 0.437. The summed E-state index contributed by atoms with van der Waals surface area (Å²) >= 11 is 4.98. The minimum atomic E-state index is -4.60. The van der Waals surface area contributed by atoms with E-state index >= 15 is 0 Å². The third-order valence-corrected chi connectivity index (χ3v) is 4.42. The second-order valence-corrected chi connectivity index (χ2v) is 6.42. The molecule has 1 heterocycles. The zero-order valence-electron chi connectivity index (χ0n) is 14.8. The van der Waals surface area contributed by atoms with Crippen LogP contribution in [-0.2, 0) is 12.6 Å². The molecule has 8 heteroatoms. The number of hydrogen-bond acceptors (Lipinski definition) is 4. The molecule has 1 N–H and O–H groups in total. The first-order valence-corrected chi connectivity index (χ1v) is 8.84. The average molecular weight is 406 g/mol. The topological polar surface area (TPSA) is 42.9 Å². The Labute approximate surface area is 165 Å². The molecule has 0 fully saturated rings. The zero-order valence-corrected chi connectivity index (χ0v) is 15.6. The van der Waals surface area contributed by atoms with Gasteiger partial charge in [-0.05, 0) is 48.7 Å². The molecule has 0 bridgehead atoms. The second kappa shape index (κ2) is 8.43. The molecule has 0 spiro atoms. The zero-order chi connectivity index (χ0) is 20.1. The number of nitrogens with one attached hydrogen (secondary N) is 1. The molecule has 0 atom stereocenters. The number of allylic oxidation sites excluding steroid dienone is 1. The van der Waals surface area contributed by atoms with E-state index in [1.807, 2.05) is 30.3 Å². The molecule has 0 saturated heterocycles. The van der Waals surface area contributed by atoms with Crippen molar-refractivity contribution >= 4 is 23.9 Å². The number of nitrogens with zero attached hydrogens (tertiary/aromatic N) is 1. The van der Waals surface area contributed by atoms with E-state index in [9.17, 15) is 13.2 Å². The van der Waals surface area contributed by atoms with Crippen molar-refractivity contribution in [3.05, 3.63) is 71.0 Å². The first-order valence-electron chi connectivity index (χ1n) is 8.43. The van der Waals surface area contributed by atoms with E-state index in [4.69, 9.17) is 21.7 Å². The van der Waals surface area contributed by atoms with Crippen molar-refractivity contribution in [2.75, 3.05) is 6.61 Å². The van der Waals surface area contributed by atoms with Crippen molar-refractivity contribution in [2.45, 2.75) is 19.0 Å². The van der Waals surface area contributed by atoms with E-state index in [0.29, 0.717) is 11.5 Å². The van der Waals surface area contributed by atoms with E-state index in [-0.39, 0.29) is 22.9 Å². The highest BCUT2D eigenvalue weighted by atomic mass is 32.1. The summed E-state index contributed by atoms with van der Waals surface area (Å²) in [5.74, 6) is 0.859. The molecule has 1 aliphatic heterocycles. The fourth-order valence-corrected chi connectivity index (χ4v) is 2.97. The number of ether oxygens (including phenoxy) is 2. The first kappa shape index (κ1) is 19.9. The molecule has 2 aromatic rings. The van der Waals surface area contributed by atoms with E-state index < -0.39 is 11.7 Å². The standard InChI is InChI=1S/C20H17F3N2O2S/c1-24-25-19(28)14-9-10-18(16(11-14)20(21,22)23)26-12-15-7-4-6-13-5-2-3-8-17(13)27-15/h2-3,5,7-11H,1,4,6,12H2,(H,25,28). The summed E-state index contributed by atoms with van der Waals surface area (Å²) in [6, 6.07) is 11.1. The van der Waals surface area contributed by atoms with Crippen LogP contribution in [0.1, 0.15) is 23.1 Å². The molecule has 1 aliphatic rings. The number of aryl methyl sites for hydroxylation is 1. The molecule has 2 aromatic carbocycles. The molecule has 0 unspecified atom stereocenters. The van der Waals surface area contributed by atoms with Crippen LogP contribution in [0.4, 0.5) is 13.2 Å². The van der Waals surface area contributed by atoms with Gasteiger partial charge in [0.05, 0.1) is 5.56 Å². The van der Waals surface area contributed by atoms with Crippen LogP contribution in [0.5, 0.6) is 11.5 Å². The summed E-state index contributed by atoms with van der Waals surface area (Å²) in [5, 5.41) is 3.37. The van der Waals surface area contributed by atoms with Crippen molar-refractivity contribution in [3.63, 3.8) is 0 Å². The Morgan fingerprint density at radius 3 is 2.79 bits per heavy atom. The van der Waals surface area contributed by atoms with E-state index in [2.05, 4.69) is 17.2 Å². The van der Waals surface area contributed by atoms with Crippen molar-refractivity contribution in [2.24, 2.45) is 5.10 Å². The maximum absolute atomic E-state index is 13.5. The van der Waals surface area contributed by atoms with Crippen LogP contribution in [0.3, 0.4) is 0 Å². The van der Waals surface area contributed by atoms with Crippen LogP contribution in [0.2, 0.25) is 0 Å². The van der Waals surface area contributed by atoms with Gasteiger partial charge in [-0.15, -0.1) is 0 Å². The van der Waals surface area contributed by atoms with E-state index in [0.717, 1.165) is 24.5 Å². The molecule has 146 valence electrons. The summed E-state index contributed by atoms with van der Waals surface area (Å²) in [4.78, 5) is 0.0402. The van der Waals surface area contributed by atoms with Crippen LogP contribution in [-0.4, -0.2) is 18.3 Å². The van der Waals surface area contributed by atoms with Gasteiger partial charge in [0.15, 0.2) is 0 Å². The van der Waals surface area contributed by atoms with Gasteiger partial charge in [-0.3, -0.25) is 5.43 Å². The van der Waals surface area contributed by atoms with Gasteiger partial charge in [0.1, 0.15) is 28.9 Å². The fraction of sp³-hybridized carbons (Fsp3) is 0.200. The second-order valence-electron chi connectivity index (χ2n) is 6.02. The number of hydrogen-bond donors (Lipinski definition) is 1. The number of halogens is 3. The van der Waals surface area contributed by atoms with Gasteiger partial charge in [-0.1, -0.05) is 30.4 Å². The number of thiocarbonyl (C=S) groups is 1. The lowest BCUT2D eigenvalue weighted by Crippen LogP contribution is -2.18. The highest BCUT2D eigenvalue weighted by Crippen LogP contribution is 2.37. The molecule has 0 aliphatic carbocycles. The predicted octanol–water partition coefficient (Wildman–Crippen LogP) is 4.87. The summed E-state index contributed by atoms with van der Waals surface area (Å²) in [6.45, 7) is 3.09. The van der Waals surface area contributed by atoms with Crippen molar-refractivity contribution in [3.8, 4) is 11.5 Å². The summed E-state index contributed by atoms with van der Waals surface area (Å²) in [7, 11) is 0. The lowest BCUT2D eigenvalue weighted by molar-refractivity contribution is -0.138. The SMILES string of the molecule is C=NNC(=S)c1ccc(OCC2=CCCc3ccccc3O2)c(C(F)(F)F)c1. The molecule has 0 amide bonds. The van der Waals surface area contributed by atoms with E-state index in [1.54, 1.807) is 0 Å². The maximum atomic E-state index is 13.5. The molecular formula is C20H17F3N2O2S. The summed E-state index contributed by atoms with van der Waals surface area (Å²) in [6.07, 6.45) is -1.26. The Kier molecular flexibility index (Phi) is 5.99. The molecule has 0 aromatic heterocycles. The summed E-state index contributed by atoms with van der Waals surface area (Å²) in [5.41, 5.74) is 2.66. The Morgan fingerprint density at radius 2 is 2.04 bits per heavy atom. The monoisotopic (exact) mass is 406 g/mol. The van der Waals surface area contributed by atoms with Crippen LogP contribution in [0, 0.1) is 0 Å². The fourth-order valence-electron chi connectivity index (χ4n) is 2.77. The van der Waals surface area contributed by atoms with Crippen LogP contribution >= 0.6 is 12.2 Å². The van der Waals surface area contributed by atoms with Gasteiger partial charge in [0.2, 0.25) is 0 Å². The third-order valence-electron chi connectivity index (χ3n) is 4.10. The Bertz CT molecular complexity index is 926. The summed E-state index contributed by atoms with van der Waals surface area (Å²) < 4.78 is 51.7. The largest absolute Gasteiger partial charge is 0.485 e. The van der Waals surface area contributed by atoms with Gasteiger partial charge in [0.25, 0.3) is 0 Å². The molecule has 4 nitrogen and oxygen atoms in total. The lowest BCUT2D eigenvalue weighted by atomic mass is 10.1. The molecule has 0 radical (unpaired) electrons. The molecule has 0 saturated carbocycles. The average Bonchev–Trinajstić information content (AvgIpc) is 2.87. The van der Waals surface area contributed by atoms with Gasteiger partial charge in [-0.25, -0.2) is 0 Å². The predicted molar refractivity (Wildman–Crippen MR) is 105 cm³/mol. The highest BCUT2D eigenvalue weighted by Gasteiger charge is 2.35. The number of rotatable bonds is 5. The Hall–Kier alpha value is -2.87. The minimum Gasteiger partial charge on any atom is -0.485 e. The minimum absolute atomic E-state index is 0.0402. The molecule has 3 rings (SSSR count). The normalized spacial score (nSPS) is 13.5. The van der Waals surface area contributed by atoms with Crippen molar-refractivity contribution in [1.29, 1.82) is 0 Å². The molecule has 28 heavy (non-hydrogen) atoms. The van der Waals surface area contributed by atoms with Crippen LogP contribution in [0.25, 0.3) is 0 Å². The first-order chi connectivity index (χ1) is 13.4. The Balaban J connectivity index is 1.79. The maximum Gasteiger partial charge on any atom is 0.419 e. The van der Waals surface area contributed by atoms with Gasteiger partial charge >= 0.3 is 6.18 Å². The van der Waals surface area contributed by atoms with Crippen molar-refractivity contribution < 1.29 is 22.6 Å². The van der Waals surface area contributed by atoms with Crippen LogP contribution in [0.15, 0.2) is 59.4 Å². The molecular weight excluding hydrogens is 389 g/mol. The number of alkyl halides is 3. The third kappa shape index (κ3) is 4.69. The van der Waals surface area contributed by atoms with Gasteiger partial charge in [0, 0.05) is 12.3 Å². The number of para-hydroxylation sites is 1. The number of fused-ring (bicyclic) bond motifs is 1. The lowest BCUT2D eigenvalue weighted by Gasteiger charge is -2.17. The Morgan fingerprint density at radius 1 is 1.25 bits per heavy atom. The highest BCUT2D eigenvalue weighted by molar-refractivity contribution is 7.80. The van der Waals surface area contributed by atoms with E-state index in [1.165, 1.54) is 12.1 Å². The number of benzene rings is 2. The van der Waals surface area contributed by atoms with Gasteiger partial charge < -0.3 is 9.47 Å².